The molecule has 2 aromatic carbocycles. The quantitative estimate of drug-likeness (QED) is 0.680. The van der Waals surface area contributed by atoms with E-state index in [-0.39, 0.29) is 18.1 Å². The van der Waals surface area contributed by atoms with Crippen LogP contribution in [0.25, 0.3) is 0 Å². The smallest absolute Gasteiger partial charge is 0.291 e. The third-order valence-corrected chi connectivity index (χ3v) is 3.67. The van der Waals surface area contributed by atoms with Gasteiger partial charge in [-0.3, -0.25) is 4.79 Å². The van der Waals surface area contributed by atoms with E-state index in [1.807, 2.05) is 6.92 Å². The first-order valence-electron chi connectivity index (χ1n) is 7.56. The van der Waals surface area contributed by atoms with Gasteiger partial charge in [-0.2, -0.15) is 0 Å². The molecular formula is C19H15ClFNO3. The van der Waals surface area contributed by atoms with E-state index in [0.717, 1.165) is 5.56 Å². The number of carbonyl (C=O) groups excluding carboxylic acids is 1. The standard InChI is InChI=1S/C19H15ClFNO3/c1-12-5-7-16(21)17(9-12)22-19(23)18-8-6-15(25-18)11-24-14-4-2-3-13(20)10-14/h2-10H,11H2,1H3,(H,22,23). The number of aryl methyl sites for hydroxylation is 1. The molecule has 0 fully saturated rings. The third-order valence-electron chi connectivity index (χ3n) is 3.43. The molecule has 25 heavy (non-hydrogen) atoms. The van der Waals surface area contributed by atoms with Crippen molar-refractivity contribution < 1.29 is 18.3 Å². The summed E-state index contributed by atoms with van der Waals surface area (Å²) in [6, 6.07) is 14.6. The lowest BCUT2D eigenvalue weighted by molar-refractivity contribution is 0.0992. The zero-order valence-corrected chi connectivity index (χ0v) is 14.1. The normalized spacial score (nSPS) is 10.5. The highest BCUT2D eigenvalue weighted by molar-refractivity contribution is 6.30. The fourth-order valence-electron chi connectivity index (χ4n) is 2.21. The summed E-state index contributed by atoms with van der Waals surface area (Å²) in [4.78, 5) is 12.2. The topological polar surface area (TPSA) is 51.5 Å². The Labute approximate surface area is 149 Å². The lowest BCUT2D eigenvalue weighted by atomic mass is 10.2. The maximum Gasteiger partial charge on any atom is 0.291 e. The number of hydrogen-bond donors (Lipinski definition) is 1. The Kier molecular flexibility index (Phi) is 5.05. The van der Waals surface area contributed by atoms with Crippen LogP contribution < -0.4 is 10.1 Å². The van der Waals surface area contributed by atoms with Gasteiger partial charge in [-0.15, -0.1) is 0 Å². The largest absolute Gasteiger partial charge is 0.486 e. The average molecular weight is 360 g/mol. The summed E-state index contributed by atoms with van der Waals surface area (Å²) in [6.45, 7) is 1.96. The molecule has 128 valence electrons. The van der Waals surface area contributed by atoms with Gasteiger partial charge in [-0.05, 0) is 55.0 Å². The van der Waals surface area contributed by atoms with Crippen LogP contribution >= 0.6 is 11.6 Å². The second kappa shape index (κ2) is 7.40. The Morgan fingerprint density at radius 3 is 2.84 bits per heavy atom. The first-order valence-corrected chi connectivity index (χ1v) is 7.93. The molecule has 1 N–H and O–H groups in total. The van der Waals surface area contributed by atoms with Gasteiger partial charge in [0.05, 0.1) is 5.69 Å². The minimum Gasteiger partial charge on any atom is -0.486 e. The lowest BCUT2D eigenvalue weighted by Crippen LogP contribution is -2.12. The zero-order valence-electron chi connectivity index (χ0n) is 13.4. The molecule has 0 atom stereocenters. The highest BCUT2D eigenvalue weighted by atomic mass is 35.5. The van der Waals surface area contributed by atoms with Crippen molar-refractivity contribution in [1.82, 2.24) is 0 Å². The Morgan fingerprint density at radius 2 is 2.04 bits per heavy atom. The zero-order chi connectivity index (χ0) is 17.8. The van der Waals surface area contributed by atoms with Crippen LogP contribution in [0.3, 0.4) is 0 Å². The maximum absolute atomic E-state index is 13.7. The van der Waals surface area contributed by atoms with Crippen LogP contribution in [-0.4, -0.2) is 5.91 Å². The summed E-state index contributed by atoms with van der Waals surface area (Å²) in [5, 5.41) is 3.06. The summed E-state index contributed by atoms with van der Waals surface area (Å²) >= 11 is 5.89. The van der Waals surface area contributed by atoms with Crippen molar-refractivity contribution in [3.8, 4) is 5.75 Å². The van der Waals surface area contributed by atoms with Gasteiger partial charge in [-0.25, -0.2) is 4.39 Å². The van der Waals surface area contributed by atoms with Crippen LogP contribution in [0.1, 0.15) is 21.9 Å². The predicted molar refractivity (Wildman–Crippen MR) is 93.6 cm³/mol. The summed E-state index contributed by atoms with van der Waals surface area (Å²) < 4.78 is 24.7. The number of amides is 1. The number of nitrogens with one attached hydrogen (secondary N) is 1. The number of carbonyl (C=O) groups is 1. The van der Waals surface area contributed by atoms with Crippen molar-refractivity contribution in [3.63, 3.8) is 0 Å². The summed E-state index contributed by atoms with van der Waals surface area (Å²) in [6.07, 6.45) is 0. The van der Waals surface area contributed by atoms with Gasteiger partial charge in [0.25, 0.3) is 5.91 Å². The molecule has 0 radical (unpaired) electrons. The van der Waals surface area contributed by atoms with Gasteiger partial charge in [0, 0.05) is 5.02 Å². The Bertz CT molecular complexity index is 907. The first-order chi connectivity index (χ1) is 12.0. The Hall–Kier alpha value is -2.79. The van der Waals surface area contributed by atoms with Crippen LogP contribution in [-0.2, 0) is 6.61 Å². The molecule has 0 bridgehead atoms. The average Bonchev–Trinajstić information content (AvgIpc) is 3.05. The second-order valence-corrected chi connectivity index (χ2v) is 5.89. The molecule has 0 saturated carbocycles. The van der Waals surface area contributed by atoms with E-state index in [9.17, 15) is 9.18 Å². The second-order valence-electron chi connectivity index (χ2n) is 5.45. The van der Waals surface area contributed by atoms with Crippen LogP contribution in [0.4, 0.5) is 10.1 Å². The molecule has 4 nitrogen and oxygen atoms in total. The number of ether oxygens (including phenoxy) is 1. The molecule has 0 aliphatic rings. The number of furan rings is 1. The Balaban J connectivity index is 1.64. The van der Waals surface area contributed by atoms with Crippen molar-refractivity contribution in [2.75, 3.05) is 5.32 Å². The van der Waals surface area contributed by atoms with Crippen LogP contribution in [0.2, 0.25) is 5.02 Å². The van der Waals surface area contributed by atoms with E-state index in [4.69, 9.17) is 20.8 Å². The van der Waals surface area contributed by atoms with Crippen molar-refractivity contribution in [1.29, 1.82) is 0 Å². The van der Waals surface area contributed by atoms with Crippen LogP contribution in [0.5, 0.6) is 5.75 Å². The molecule has 3 aromatic rings. The molecule has 1 aromatic heterocycles. The molecule has 1 amide bonds. The van der Waals surface area contributed by atoms with Gasteiger partial charge in [0.15, 0.2) is 5.76 Å². The highest BCUT2D eigenvalue weighted by Gasteiger charge is 2.14. The van der Waals surface area contributed by atoms with E-state index in [1.165, 1.54) is 12.1 Å². The molecule has 0 saturated heterocycles. The SMILES string of the molecule is Cc1ccc(F)c(NC(=O)c2ccc(COc3cccc(Cl)c3)o2)c1. The number of halogens is 2. The van der Waals surface area contributed by atoms with E-state index < -0.39 is 11.7 Å². The van der Waals surface area contributed by atoms with Crippen LogP contribution in [0.15, 0.2) is 59.0 Å². The van der Waals surface area contributed by atoms with Gasteiger partial charge < -0.3 is 14.5 Å². The minimum atomic E-state index is -0.529. The van der Waals surface area contributed by atoms with E-state index in [0.29, 0.717) is 16.5 Å². The van der Waals surface area contributed by atoms with Gasteiger partial charge in [0.2, 0.25) is 0 Å². The van der Waals surface area contributed by atoms with Gasteiger partial charge in [0.1, 0.15) is 23.9 Å². The summed E-state index contributed by atoms with van der Waals surface area (Å²) in [5.74, 6) is 0.102. The molecule has 3 rings (SSSR count). The molecule has 0 aliphatic heterocycles. The number of benzene rings is 2. The number of rotatable bonds is 5. The van der Waals surface area contributed by atoms with Crippen molar-refractivity contribution in [2.24, 2.45) is 0 Å². The minimum absolute atomic E-state index is 0.0746. The van der Waals surface area contributed by atoms with Gasteiger partial charge >= 0.3 is 0 Å². The van der Waals surface area contributed by atoms with Crippen molar-refractivity contribution >= 4 is 23.2 Å². The number of hydrogen-bond acceptors (Lipinski definition) is 3. The van der Waals surface area contributed by atoms with Gasteiger partial charge in [-0.1, -0.05) is 23.7 Å². The molecule has 0 aliphatic carbocycles. The Morgan fingerprint density at radius 1 is 1.20 bits per heavy atom. The van der Waals surface area contributed by atoms with Crippen molar-refractivity contribution in [3.05, 3.63) is 82.5 Å². The van der Waals surface area contributed by atoms with E-state index in [2.05, 4.69) is 5.32 Å². The monoisotopic (exact) mass is 359 g/mol. The lowest BCUT2D eigenvalue weighted by Gasteiger charge is -2.06. The molecule has 0 spiro atoms. The fourth-order valence-corrected chi connectivity index (χ4v) is 2.39. The summed E-state index contributed by atoms with van der Waals surface area (Å²) in [7, 11) is 0. The van der Waals surface area contributed by atoms with Crippen molar-refractivity contribution in [2.45, 2.75) is 13.5 Å². The summed E-state index contributed by atoms with van der Waals surface area (Å²) in [5.41, 5.74) is 0.949. The predicted octanol–water partition coefficient (Wildman–Crippen LogP) is 5.21. The molecule has 6 heteroatoms. The molecule has 1 heterocycles. The third kappa shape index (κ3) is 4.39. The maximum atomic E-state index is 13.7. The highest BCUT2D eigenvalue weighted by Crippen LogP contribution is 2.20. The molecule has 0 unspecified atom stereocenters. The molecular weight excluding hydrogens is 345 g/mol. The van der Waals surface area contributed by atoms with E-state index in [1.54, 1.807) is 42.5 Å². The first kappa shape index (κ1) is 17.0. The number of anilines is 1. The fraction of sp³-hybridized carbons (Fsp3) is 0.105. The van der Waals surface area contributed by atoms with Crippen LogP contribution in [0, 0.1) is 12.7 Å². The van der Waals surface area contributed by atoms with E-state index >= 15 is 0 Å².